The number of hydrogen-bond donors (Lipinski definition) is 0. The monoisotopic (exact) mass is 258 g/mol. The first-order valence-electron chi connectivity index (χ1n) is 6.30. The van der Waals surface area contributed by atoms with Crippen molar-refractivity contribution < 1.29 is 9.13 Å². The van der Waals surface area contributed by atoms with E-state index in [0.717, 1.165) is 24.3 Å². The predicted octanol–water partition coefficient (Wildman–Crippen LogP) is 2.79. The van der Waals surface area contributed by atoms with Crippen LogP contribution in [0.15, 0.2) is 36.5 Å². The minimum atomic E-state index is -0.297. The highest BCUT2D eigenvalue weighted by Gasteiger charge is 2.14. The lowest BCUT2D eigenvalue weighted by atomic mass is 10.1. The first-order chi connectivity index (χ1) is 9.24. The molecule has 0 N–H and O–H groups in total. The third-order valence-electron chi connectivity index (χ3n) is 3.27. The number of ether oxygens (including phenoxy) is 1. The molecule has 4 heteroatoms. The van der Waals surface area contributed by atoms with Crippen LogP contribution in [0.2, 0.25) is 0 Å². The zero-order valence-corrected chi connectivity index (χ0v) is 10.8. The minimum Gasteiger partial charge on any atom is -0.493 e. The largest absolute Gasteiger partial charge is 0.493 e. The zero-order chi connectivity index (χ0) is 13.2. The van der Waals surface area contributed by atoms with Gasteiger partial charge >= 0.3 is 0 Å². The predicted molar refractivity (Wildman–Crippen MR) is 71.9 cm³/mol. The molecule has 3 nitrogen and oxygen atoms in total. The molecule has 0 saturated heterocycles. The standard InChI is InChI=1S/C15H15FN2O/c1-18(15-13(16)3-2-7-17-15)10-11-4-5-14-12(9-11)6-8-19-14/h2-5,7,9H,6,8,10H2,1H3. The fourth-order valence-electron chi connectivity index (χ4n) is 2.35. The maximum absolute atomic E-state index is 13.6. The van der Waals surface area contributed by atoms with Crippen molar-refractivity contribution in [2.24, 2.45) is 0 Å². The second kappa shape index (κ2) is 4.88. The van der Waals surface area contributed by atoms with Gasteiger partial charge in [0.2, 0.25) is 0 Å². The van der Waals surface area contributed by atoms with Gasteiger partial charge in [0.1, 0.15) is 5.75 Å². The van der Waals surface area contributed by atoms with Crippen LogP contribution in [0, 0.1) is 5.82 Å². The number of benzene rings is 1. The molecule has 0 fully saturated rings. The van der Waals surface area contributed by atoms with E-state index >= 15 is 0 Å². The second-order valence-electron chi connectivity index (χ2n) is 4.71. The van der Waals surface area contributed by atoms with Crippen molar-refractivity contribution in [3.63, 3.8) is 0 Å². The molecular weight excluding hydrogens is 243 g/mol. The molecule has 1 aromatic carbocycles. The first kappa shape index (κ1) is 12.0. The second-order valence-corrected chi connectivity index (χ2v) is 4.71. The van der Waals surface area contributed by atoms with Crippen LogP contribution in [0.1, 0.15) is 11.1 Å². The summed E-state index contributed by atoms with van der Waals surface area (Å²) in [6.07, 6.45) is 2.55. The lowest BCUT2D eigenvalue weighted by Crippen LogP contribution is -2.19. The van der Waals surface area contributed by atoms with E-state index in [1.807, 2.05) is 24.1 Å². The molecule has 0 spiro atoms. The lowest BCUT2D eigenvalue weighted by molar-refractivity contribution is 0.357. The molecule has 1 aliphatic heterocycles. The average molecular weight is 258 g/mol. The fraction of sp³-hybridized carbons (Fsp3) is 0.267. The van der Waals surface area contributed by atoms with E-state index in [9.17, 15) is 4.39 Å². The van der Waals surface area contributed by atoms with E-state index in [4.69, 9.17) is 4.74 Å². The van der Waals surface area contributed by atoms with Crippen molar-refractivity contribution in [2.75, 3.05) is 18.6 Å². The third-order valence-corrected chi connectivity index (χ3v) is 3.27. The van der Waals surface area contributed by atoms with Crippen LogP contribution in [-0.4, -0.2) is 18.6 Å². The maximum atomic E-state index is 13.6. The van der Waals surface area contributed by atoms with Gasteiger partial charge in [-0.05, 0) is 29.3 Å². The smallest absolute Gasteiger partial charge is 0.165 e. The number of halogens is 1. The molecule has 0 unspecified atom stereocenters. The number of rotatable bonds is 3. The molecule has 1 aromatic heterocycles. The van der Waals surface area contributed by atoms with Gasteiger partial charge in [-0.15, -0.1) is 0 Å². The van der Waals surface area contributed by atoms with Crippen molar-refractivity contribution >= 4 is 5.82 Å². The summed E-state index contributed by atoms with van der Waals surface area (Å²) in [6, 6.07) is 9.15. The Morgan fingerprint density at radius 2 is 2.26 bits per heavy atom. The first-order valence-corrected chi connectivity index (χ1v) is 6.30. The molecule has 19 heavy (non-hydrogen) atoms. The van der Waals surface area contributed by atoms with Crippen LogP contribution in [0.4, 0.5) is 10.2 Å². The summed E-state index contributed by atoms with van der Waals surface area (Å²) < 4.78 is 19.1. The lowest BCUT2D eigenvalue weighted by Gasteiger charge is -2.18. The average Bonchev–Trinajstić information content (AvgIpc) is 2.86. The van der Waals surface area contributed by atoms with E-state index < -0.39 is 0 Å². The SMILES string of the molecule is CN(Cc1ccc2c(c1)CCO2)c1ncccc1F. The Kier molecular flexibility index (Phi) is 3.07. The number of anilines is 1. The highest BCUT2D eigenvalue weighted by molar-refractivity contribution is 5.43. The molecule has 3 rings (SSSR count). The van der Waals surface area contributed by atoms with Gasteiger partial charge in [0.15, 0.2) is 11.6 Å². The van der Waals surface area contributed by atoms with Crippen molar-refractivity contribution in [1.82, 2.24) is 4.98 Å². The Bertz CT molecular complexity index is 600. The Labute approximate surface area is 111 Å². The van der Waals surface area contributed by atoms with Gasteiger partial charge in [-0.3, -0.25) is 0 Å². The zero-order valence-electron chi connectivity index (χ0n) is 10.8. The third kappa shape index (κ3) is 2.38. The number of nitrogens with zero attached hydrogens (tertiary/aromatic N) is 2. The van der Waals surface area contributed by atoms with E-state index in [1.165, 1.54) is 11.6 Å². The van der Waals surface area contributed by atoms with Crippen LogP contribution < -0.4 is 9.64 Å². The minimum absolute atomic E-state index is 0.297. The number of fused-ring (bicyclic) bond motifs is 1. The maximum Gasteiger partial charge on any atom is 0.165 e. The number of hydrogen-bond acceptors (Lipinski definition) is 3. The Hall–Kier alpha value is -2.10. The van der Waals surface area contributed by atoms with E-state index in [0.29, 0.717) is 12.4 Å². The Morgan fingerprint density at radius 3 is 3.11 bits per heavy atom. The van der Waals surface area contributed by atoms with Crippen LogP contribution >= 0.6 is 0 Å². The van der Waals surface area contributed by atoms with Crippen molar-refractivity contribution in [1.29, 1.82) is 0 Å². The summed E-state index contributed by atoms with van der Waals surface area (Å²) >= 11 is 0. The normalized spacial score (nSPS) is 12.9. The molecule has 98 valence electrons. The van der Waals surface area contributed by atoms with Crippen LogP contribution in [0.3, 0.4) is 0 Å². The summed E-state index contributed by atoms with van der Waals surface area (Å²) in [5.41, 5.74) is 2.36. The highest BCUT2D eigenvalue weighted by atomic mass is 19.1. The molecule has 0 amide bonds. The van der Waals surface area contributed by atoms with Crippen molar-refractivity contribution in [3.05, 3.63) is 53.5 Å². The Morgan fingerprint density at radius 1 is 1.37 bits per heavy atom. The molecular formula is C15H15FN2O. The van der Waals surface area contributed by atoms with Crippen LogP contribution in [0.5, 0.6) is 5.75 Å². The van der Waals surface area contributed by atoms with Crippen molar-refractivity contribution in [3.8, 4) is 5.75 Å². The van der Waals surface area contributed by atoms with E-state index in [2.05, 4.69) is 11.1 Å². The van der Waals surface area contributed by atoms with Gasteiger partial charge in [0.05, 0.1) is 6.61 Å². The number of pyridine rings is 1. The summed E-state index contributed by atoms with van der Waals surface area (Å²) in [5.74, 6) is 1.05. The van der Waals surface area contributed by atoms with Gasteiger partial charge < -0.3 is 9.64 Å². The van der Waals surface area contributed by atoms with Gasteiger partial charge in [0.25, 0.3) is 0 Å². The molecule has 2 heterocycles. The summed E-state index contributed by atoms with van der Waals surface area (Å²) in [6.45, 7) is 1.38. The molecule has 1 aliphatic rings. The van der Waals surface area contributed by atoms with Gasteiger partial charge in [0, 0.05) is 26.2 Å². The van der Waals surface area contributed by atoms with Gasteiger partial charge in [-0.25, -0.2) is 9.37 Å². The molecule has 0 bridgehead atoms. The summed E-state index contributed by atoms with van der Waals surface area (Å²) in [4.78, 5) is 5.89. The highest BCUT2D eigenvalue weighted by Crippen LogP contribution is 2.26. The van der Waals surface area contributed by atoms with E-state index in [-0.39, 0.29) is 5.82 Å². The van der Waals surface area contributed by atoms with Gasteiger partial charge in [-0.2, -0.15) is 0 Å². The quantitative estimate of drug-likeness (QED) is 0.846. The van der Waals surface area contributed by atoms with Gasteiger partial charge in [-0.1, -0.05) is 12.1 Å². The van der Waals surface area contributed by atoms with E-state index in [1.54, 1.807) is 12.3 Å². The molecule has 0 radical (unpaired) electrons. The summed E-state index contributed by atoms with van der Waals surface area (Å²) in [5, 5.41) is 0. The molecule has 0 atom stereocenters. The number of aromatic nitrogens is 1. The summed E-state index contributed by atoms with van der Waals surface area (Å²) in [7, 11) is 1.84. The van der Waals surface area contributed by atoms with Crippen LogP contribution in [0.25, 0.3) is 0 Å². The molecule has 0 aliphatic carbocycles. The molecule has 0 saturated carbocycles. The molecule has 2 aromatic rings. The van der Waals surface area contributed by atoms with Crippen LogP contribution in [-0.2, 0) is 13.0 Å². The Balaban J connectivity index is 1.80. The fourth-order valence-corrected chi connectivity index (χ4v) is 2.35. The topological polar surface area (TPSA) is 25.4 Å². The van der Waals surface area contributed by atoms with Crippen molar-refractivity contribution in [2.45, 2.75) is 13.0 Å².